The number of anilines is 2. The van der Waals surface area contributed by atoms with Crippen LogP contribution in [0.25, 0.3) is 22.0 Å². The number of primary amides is 1. The highest BCUT2D eigenvalue weighted by molar-refractivity contribution is 6.35. The summed E-state index contributed by atoms with van der Waals surface area (Å²) in [5.41, 5.74) is 9.99. The van der Waals surface area contributed by atoms with Crippen molar-refractivity contribution in [1.82, 2.24) is 14.9 Å². The molecule has 4 N–H and O–H groups in total. The van der Waals surface area contributed by atoms with Gasteiger partial charge in [-0.15, -0.1) is 0 Å². The number of nitrogens with one attached hydrogen (secondary N) is 2. The first-order valence-electron chi connectivity index (χ1n) is 11.7. The van der Waals surface area contributed by atoms with Crippen LogP contribution in [0.3, 0.4) is 0 Å². The molecule has 1 aromatic carbocycles. The fourth-order valence-corrected chi connectivity index (χ4v) is 6.47. The Morgan fingerprint density at radius 1 is 1.29 bits per heavy atom. The molecule has 0 radical (unpaired) electrons. The monoisotopic (exact) mass is 478 g/mol. The lowest BCUT2D eigenvalue weighted by atomic mass is 9.80. The quantitative estimate of drug-likeness (QED) is 0.536. The van der Waals surface area contributed by atoms with Gasteiger partial charge in [0.25, 0.3) is 0 Å². The zero-order valence-electron chi connectivity index (χ0n) is 19.0. The third kappa shape index (κ3) is 3.12. The van der Waals surface area contributed by atoms with E-state index in [1.807, 2.05) is 47.4 Å². The van der Waals surface area contributed by atoms with Crippen molar-refractivity contribution >= 4 is 45.8 Å². The molecule has 2 unspecified atom stereocenters. The number of fused-ring (bicyclic) bond motifs is 3. The van der Waals surface area contributed by atoms with E-state index in [1.54, 1.807) is 0 Å². The van der Waals surface area contributed by atoms with E-state index < -0.39 is 0 Å². The molecule has 2 atom stereocenters. The lowest BCUT2D eigenvalue weighted by Gasteiger charge is -2.32. The predicted octanol–water partition coefficient (Wildman–Crippen LogP) is 3.11. The molecular weight excluding hydrogens is 452 g/mol. The van der Waals surface area contributed by atoms with E-state index in [9.17, 15) is 9.59 Å². The second kappa shape index (κ2) is 7.71. The van der Waals surface area contributed by atoms with Gasteiger partial charge in [-0.05, 0) is 32.4 Å². The molecule has 3 aliphatic rings. The first-order chi connectivity index (χ1) is 16.4. The minimum atomic E-state index is -0.242. The van der Waals surface area contributed by atoms with Crippen LogP contribution < -0.4 is 16.0 Å². The van der Waals surface area contributed by atoms with E-state index in [4.69, 9.17) is 22.3 Å². The second-order valence-electron chi connectivity index (χ2n) is 9.87. The summed E-state index contributed by atoms with van der Waals surface area (Å²) in [6, 6.07) is 6.00. The van der Waals surface area contributed by atoms with Gasteiger partial charge in [-0.3, -0.25) is 14.5 Å². The van der Waals surface area contributed by atoms with Gasteiger partial charge in [-0.2, -0.15) is 0 Å². The summed E-state index contributed by atoms with van der Waals surface area (Å²) in [7, 11) is 1.96. The van der Waals surface area contributed by atoms with Gasteiger partial charge in [0.15, 0.2) is 0 Å². The number of aromatic amines is 1. The Bertz CT molecular complexity index is 1340. The maximum atomic E-state index is 12.7. The molecule has 3 aromatic rings. The molecule has 176 valence electrons. The van der Waals surface area contributed by atoms with Gasteiger partial charge in [-0.1, -0.05) is 23.7 Å². The average molecular weight is 479 g/mol. The number of amides is 2. The number of benzene rings is 1. The largest absolute Gasteiger partial charge is 0.369 e. The lowest BCUT2D eigenvalue weighted by Crippen LogP contribution is -2.49. The summed E-state index contributed by atoms with van der Waals surface area (Å²) < 4.78 is 0. The Labute approximate surface area is 202 Å². The predicted molar refractivity (Wildman–Crippen MR) is 133 cm³/mol. The van der Waals surface area contributed by atoms with Crippen molar-refractivity contribution in [3.8, 4) is 11.1 Å². The number of para-hydroxylation sites is 1. The molecule has 8 nitrogen and oxygen atoms in total. The highest BCUT2D eigenvalue weighted by atomic mass is 35.5. The van der Waals surface area contributed by atoms with E-state index >= 15 is 0 Å². The smallest absolute Gasteiger partial charge is 0.241 e. The van der Waals surface area contributed by atoms with E-state index in [0.717, 1.165) is 58.5 Å². The number of pyridine rings is 1. The van der Waals surface area contributed by atoms with Crippen LogP contribution in [0, 0.1) is 5.92 Å². The summed E-state index contributed by atoms with van der Waals surface area (Å²) in [6.07, 6.45) is 6.07. The molecule has 6 rings (SSSR count). The van der Waals surface area contributed by atoms with Gasteiger partial charge in [0.1, 0.15) is 5.82 Å². The fraction of sp³-hybridized carbons (Fsp3) is 0.400. The number of nitrogens with two attached hydrogens (primary N) is 1. The molecule has 2 amide bonds. The number of aromatic nitrogens is 2. The number of hydrogen-bond donors (Lipinski definition) is 3. The van der Waals surface area contributed by atoms with Gasteiger partial charge < -0.3 is 20.9 Å². The van der Waals surface area contributed by atoms with Crippen LogP contribution in [-0.2, 0) is 15.0 Å². The number of carbonyl (C=O) groups excluding carboxylic acids is 2. The van der Waals surface area contributed by atoms with E-state index in [-0.39, 0.29) is 23.1 Å². The van der Waals surface area contributed by atoms with Crippen molar-refractivity contribution in [2.75, 3.05) is 43.4 Å². The van der Waals surface area contributed by atoms with E-state index in [1.165, 1.54) is 0 Å². The molecule has 1 aliphatic carbocycles. The van der Waals surface area contributed by atoms with Crippen LogP contribution in [0.1, 0.15) is 24.8 Å². The molecule has 2 aliphatic heterocycles. The topological polar surface area (TPSA) is 107 Å². The van der Waals surface area contributed by atoms with Crippen LogP contribution in [0.15, 0.2) is 30.6 Å². The maximum Gasteiger partial charge on any atom is 0.241 e. The van der Waals surface area contributed by atoms with Crippen LogP contribution in [-0.4, -0.2) is 59.9 Å². The molecule has 9 heteroatoms. The third-order valence-electron chi connectivity index (χ3n) is 7.84. The van der Waals surface area contributed by atoms with Crippen LogP contribution >= 0.6 is 11.6 Å². The van der Waals surface area contributed by atoms with Crippen molar-refractivity contribution in [3.63, 3.8) is 0 Å². The number of H-pyrrole nitrogens is 1. The summed E-state index contributed by atoms with van der Waals surface area (Å²) >= 11 is 7.09. The molecule has 1 spiro atoms. The zero-order chi connectivity index (χ0) is 23.6. The highest BCUT2D eigenvalue weighted by Gasteiger charge is 2.48. The molecule has 4 heterocycles. The third-order valence-corrected chi connectivity index (χ3v) is 8.23. The molecule has 0 bridgehead atoms. The molecular formula is C25H27ClN6O2. The Morgan fingerprint density at radius 3 is 2.91 bits per heavy atom. The number of piperazine rings is 1. The van der Waals surface area contributed by atoms with E-state index in [0.29, 0.717) is 31.1 Å². The van der Waals surface area contributed by atoms with Crippen molar-refractivity contribution in [2.24, 2.45) is 11.7 Å². The van der Waals surface area contributed by atoms with Gasteiger partial charge in [0.05, 0.1) is 22.8 Å². The standard InChI is InChI=1S/C25H27ClN6O2/c1-31-7-8-32(19(33)12-31)18-4-2-3-15-16(10-28-22(15)18)17-11-29-24-20(21(17)26)25(13-30-24)6-5-14(9-25)23(27)34/h2-4,10-11,14,28H,5-9,12-13H2,1H3,(H2,27,34)(H,29,30). The van der Waals surface area contributed by atoms with Crippen LogP contribution in [0.4, 0.5) is 11.5 Å². The van der Waals surface area contributed by atoms with Crippen molar-refractivity contribution < 1.29 is 9.59 Å². The highest BCUT2D eigenvalue weighted by Crippen LogP contribution is 2.53. The Morgan fingerprint density at radius 2 is 2.15 bits per heavy atom. The number of hydrogen-bond acceptors (Lipinski definition) is 5. The van der Waals surface area contributed by atoms with Gasteiger partial charge in [0.2, 0.25) is 11.8 Å². The molecule has 1 saturated heterocycles. The molecule has 34 heavy (non-hydrogen) atoms. The lowest BCUT2D eigenvalue weighted by molar-refractivity contribution is -0.122. The van der Waals surface area contributed by atoms with Crippen molar-refractivity contribution in [2.45, 2.75) is 24.7 Å². The van der Waals surface area contributed by atoms with Crippen LogP contribution in [0.2, 0.25) is 5.02 Å². The molecule has 1 saturated carbocycles. The van der Waals surface area contributed by atoms with Gasteiger partial charge in [0, 0.05) is 65.4 Å². The Balaban J connectivity index is 1.43. The number of likely N-dealkylation sites (N-methyl/N-ethyl adjacent to an activating group) is 1. The van der Waals surface area contributed by atoms with Gasteiger partial charge in [-0.25, -0.2) is 4.98 Å². The van der Waals surface area contributed by atoms with Crippen molar-refractivity contribution in [1.29, 1.82) is 0 Å². The minimum Gasteiger partial charge on any atom is -0.369 e. The second-order valence-corrected chi connectivity index (χ2v) is 10.2. The summed E-state index contributed by atoms with van der Waals surface area (Å²) in [5, 5.41) is 5.06. The Kier molecular flexibility index (Phi) is 4.86. The number of carbonyl (C=O) groups is 2. The average Bonchev–Trinajstić information content (AvgIpc) is 3.52. The number of rotatable bonds is 3. The first kappa shape index (κ1) is 21.4. The minimum absolute atomic E-state index is 0.0906. The first-order valence-corrected chi connectivity index (χ1v) is 12.1. The molecule has 2 aromatic heterocycles. The fourth-order valence-electron chi connectivity index (χ4n) is 6.02. The maximum absolute atomic E-state index is 12.7. The number of nitrogens with zero attached hydrogens (tertiary/aromatic N) is 3. The SMILES string of the molecule is CN1CCN(c2cccc3c(-c4cnc5c(c4Cl)C4(CCC(C(N)=O)C4)CN5)c[nH]c23)C(=O)C1. The van der Waals surface area contributed by atoms with Crippen LogP contribution in [0.5, 0.6) is 0 Å². The van der Waals surface area contributed by atoms with Gasteiger partial charge >= 0.3 is 0 Å². The van der Waals surface area contributed by atoms with Crippen molar-refractivity contribution in [3.05, 3.63) is 41.2 Å². The molecule has 2 fully saturated rings. The van der Waals surface area contributed by atoms with E-state index in [2.05, 4.69) is 10.3 Å². The Hall–Kier alpha value is -3.10. The zero-order valence-corrected chi connectivity index (χ0v) is 19.8. The number of halogens is 1. The summed E-state index contributed by atoms with van der Waals surface area (Å²) in [4.78, 5) is 36.6. The summed E-state index contributed by atoms with van der Waals surface area (Å²) in [6.45, 7) is 2.61. The normalized spacial score (nSPS) is 24.7. The summed E-state index contributed by atoms with van der Waals surface area (Å²) in [5.74, 6) is 0.507.